The average molecular weight is 347 g/mol. The van der Waals surface area contributed by atoms with Crippen molar-refractivity contribution in [3.05, 3.63) is 0 Å². The van der Waals surface area contributed by atoms with Gasteiger partial charge in [-0.3, -0.25) is 9.59 Å². The summed E-state index contributed by atoms with van der Waals surface area (Å²) in [5, 5.41) is 11.3. The van der Waals surface area contributed by atoms with Crippen LogP contribution in [-0.2, 0) is 9.59 Å². The second-order valence-electron chi connectivity index (χ2n) is 10.4. The summed E-state index contributed by atoms with van der Waals surface area (Å²) >= 11 is 0. The quantitative estimate of drug-likeness (QED) is 0.780. The maximum atomic E-state index is 12.4. The smallest absolute Gasteiger partial charge is 0.133 e. The lowest BCUT2D eigenvalue weighted by Crippen LogP contribution is -2.59. The van der Waals surface area contributed by atoms with E-state index in [1.807, 2.05) is 0 Å². The molecule has 4 rings (SSSR count). The minimum absolute atomic E-state index is 0.0421. The first kappa shape index (κ1) is 17.7. The van der Waals surface area contributed by atoms with Crippen molar-refractivity contribution in [3.63, 3.8) is 0 Å². The molecule has 0 aromatic rings. The molecule has 4 aliphatic rings. The van der Waals surface area contributed by atoms with Gasteiger partial charge >= 0.3 is 0 Å². The maximum Gasteiger partial charge on any atom is 0.133 e. The summed E-state index contributed by atoms with van der Waals surface area (Å²) in [4.78, 5) is 24.4. The number of hydrogen-bond acceptors (Lipinski definition) is 3. The van der Waals surface area contributed by atoms with E-state index in [1.54, 1.807) is 6.92 Å². The highest BCUT2D eigenvalue weighted by Gasteiger charge is 2.64. The minimum atomic E-state index is -0.320. The lowest BCUT2D eigenvalue weighted by molar-refractivity contribution is -0.174. The molecule has 0 heterocycles. The number of aliphatic hydroxyl groups is 1. The number of fused-ring (bicyclic) bond motifs is 5. The Labute approximate surface area is 151 Å². The average Bonchev–Trinajstić information content (AvgIpc) is 2.77. The molecule has 4 aliphatic carbocycles. The van der Waals surface area contributed by atoms with E-state index in [9.17, 15) is 14.7 Å². The summed E-state index contributed by atoms with van der Waals surface area (Å²) < 4.78 is 0. The predicted molar refractivity (Wildman–Crippen MR) is 96.8 cm³/mol. The Kier molecular flexibility index (Phi) is 4.00. The predicted octanol–water partition coefficient (Wildman–Crippen LogP) is 4.02. The third-order valence-corrected chi connectivity index (χ3v) is 9.19. The van der Waals surface area contributed by atoms with Crippen LogP contribution in [0, 0.1) is 46.3 Å². The molecule has 4 fully saturated rings. The molecule has 0 unspecified atom stereocenters. The van der Waals surface area contributed by atoms with Crippen molar-refractivity contribution in [2.24, 2.45) is 46.3 Å². The Bertz CT molecular complexity index is 598. The van der Waals surface area contributed by atoms with Gasteiger partial charge in [0.1, 0.15) is 11.6 Å². The van der Waals surface area contributed by atoms with Gasteiger partial charge in [-0.05, 0) is 79.4 Å². The van der Waals surface area contributed by atoms with Crippen LogP contribution in [0.15, 0.2) is 0 Å². The number of Topliss-reactive ketones (excluding diaryl/α,β-unsaturated/α-hetero) is 2. The topological polar surface area (TPSA) is 54.4 Å². The van der Waals surface area contributed by atoms with E-state index in [1.165, 1.54) is 0 Å². The van der Waals surface area contributed by atoms with Crippen LogP contribution in [0.2, 0.25) is 0 Å². The molecule has 0 aromatic heterocycles. The Balaban J connectivity index is 1.70. The number of ketones is 2. The van der Waals surface area contributed by atoms with Crippen molar-refractivity contribution >= 4 is 11.6 Å². The second kappa shape index (κ2) is 5.65. The van der Waals surface area contributed by atoms with Crippen molar-refractivity contribution in [1.29, 1.82) is 0 Å². The van der Waals surface area contributed by atoms with E-state index in [4.69, 9.17) is 0 Å². The van der Waals surface area contributed by atoms with Crippen LogP contribution in [-0.4, -0.2) is 22.8 Å². The Morgan fingerprint density at radius 2 is 1.92 bits per heavy atom. The van der Waals surface area contributed by atoms with Crippen LogP contribution in [0.3, 0.4) is 0 Å². The molecule has 0 saturated heterocycles. The molecule has 0 radical (unpaired) electrons. The molecule has 4 saturated carbocycles. The zero-order chi connectivity index (χ0) is 18.1. The van der Waals surface area contributed by atoms with Crippen LogP contribution in [0.25, 0.3) is 0 Å². The summed E-state index contributed by atoms with van der Waals surface area (Å²) in [7, 11) is 0. The number of carbonyl (C=O) groups excluding carboxylic acids is 2. The van der Waals surface area contributed by atoms with E-state index in [0.29, 0.717) is 47.6 Å². The fourth-order valence-corrected chi connectivity index (χ4v) is 8.40. The van der Waals surface area contributed by atoms with Crippen molar-refractivity contribution < 1.29 is 14.7 Å². The molecular formula is C22H34O3. The van der Waals surface area contributed by atoms with E-state index in [0.717, 1.165) is 38.5 Å². The molecule has 0 aliphatic heterocycles. The van der Waals surface area contributed by atoms with Crippen LogP contribution in [0.4, 0.5) is 0 Å². The van der Waals surface area contributed by atoms with Gasteiger partial charge in [0.2, 0.25) is 0 Å². The number of aliphatic hydroxyl groups excluding tert-OH is 1. The number of rotatable bonds is 1. The van der Waals surface area contributed by atoms with E-state index in [-0.39, 0.29) is 22.9 Å². The highest BCUT2D eigenvalue weighted by molar-refractivity contribution is 5.80. The molecule has 0 amide bonds. The maximum absolute atomic E-state index is 12.4. The molecule has 0 aromatic carbocycles. The summed E-state index contributed by atoms with van der Waals surface area (Å²) in [6.07, 6.45) is 6.20. The van der Waals surface area contributed by atoms with E-state index >= 15 is 0 Å². The lowest BCUT2D eigenvalue weighted by atomic mass is 9.44. The van der Waals surface area contributed by atoms with Crippen LogP contribution < -0.4 is 0 Å². The SMILES string of the molecule is CC(=O)[C@H]1[C@H](C)C[C@H]2[C@@H]3CC[C@@H]4CC(=O)CC[C@]4(C)[C@@H]3[C@H](O)C[C@@]21C. The number of carbonyl (C=O) groups is 2. The van der Waals surface area contributed by atoms with Crippen molar-refractivity contribution in [1.82, 2.24) is 0 Å². The first-order chi connectivity index (χ1) is 11.7. The number of hydrogen-bond donors (Lipinski definition) is 1. The first-order valence-electron chi connectivity index (χ1n) is 10.4. The van der Waals surface area contributed by atoms with Crippen LogP contribution in [0.1, 0.15) is 72.6 Å². The molecule has 3 heteroatoms. The van der Waals surface area contributed by atoms with Gasteiger partial charge in [0.15, 0.2) is 0 Å². The molecule has 25 heavy (non-hydrogen) atoms. The minimum Gasteiger partial charge on any atom is -0.393 e. The van der Waals surface area contributed by atoms with Crippen LogP contribution >= 0.6 is 0 Å². The molecule has 140 valence electrons. The van der Waals surface area contributed by atoms with Gasteiger partial charge in [-0.1, -0.05) is 20.8 Å². The van der Waals surface area contributed by atoms with Gasteiger partial charge in [-0.25, -0.2) is 0 Å². The Hall–Kier alpha value is -0.700. The molecule has 9 atom stereocenters. The van der Waals surface area contributed by atoms with Crippen LogP contribution in [0.5, 0.6) is 0 Å². The summed E-state index contributed by atoms with van der Waals surface area (Å²) in [5.41, 5.74) is 0.0641. The largest absolute Gasteiger partial charge is 0.393 e. The van der Waals surface area contributed by atoms with Gasteiger partial charge in [-0.2, -0.15) is 0 Å². The van der Waals surface area contributed by atoms with E-state index in [2.05, 4.69) is 20.8 Å². The lowest BCUT2D eigenvalue weighted by Gasteiger charge is -2.61. The highest BCUT2D eigenvalue weighted by atomic mass is 16.3. The van der Waals surface area contributed by atoms with Crippen molar-refractivity contribution in [3.8, 4) is 0 Å². The summed E-state index contributed by atoms with van der Waals surface area (Å²) in [5.74, 6) is 3.11. The fourth-order valence-electron chi connectivity index (χ4n) is 8.40. The standard InChI is InChI=1S/C22H34O3/c1-12-9-17-16-6-5-14-10-15(24)7-8-21(14,3)20(16)18(25)11-22(17,4)19(12)13(2)23/h12,14,16-20,25H,5-11H2,1-4H3/t12-,14-,16+,17+,18-,19-,20+,21+,22+/m1/s1. The van der Waals surface area contributed by atoms with Gasteiger partial charge in [0.05, 0.1) is 6.10 Å². The van der Waals surface area contributed by atoms with Gasteiger partial charge in [0.25, 0.3) is 0 Å². The van der Waals surface area contributed by atoms with Crippen molar-refractivity contribution in [2.75, 3.05) is 0 Å². The highest BCUT2D eigenvalue weighted by Crippen LogP contribution is 2.68. The first-order valence-corrected chi connectivity index (χ1v) is 10.4. The zero-order valence-electron chi connectivity index (χ0n) is 16.3. The third kappa shape index (κ3) is 2.33. The summed E-state index contributed by atoms with van der Waals surface area (Å²) in [6, 6.07) is 0. The fraction of sp³-hybridized carbons (Fsp3) is 0.909. The Morgan fingerprint density at radius 1 is 1.20 bits per heavy atom. The monoisotopic (exact) mass is 346 g/mol. The summed E-state index contributed by atoms with van der Waals surface area (Å²) in [6.45, 7) is 8.63. The van der Waals surface area contributed by atoms with Gasteiger partial charge in [-0.15, -0.1) is 0 Å². The molecular weight excluding hydrogens is 312 g/mol. The molecule has 1 N–H and O–H groups in total. The van der Waals surface area contributed by atoms with Gasteiger partial charge < -0.3 is 5.11 Å². The molecule has 0 spiro atoms. The molecule has 0 bridgehead atoms. The normalized spacial score (nSPS) is 55.2. The third-order valence-electron chi connectivity index (χ3n) is 9.19. The van der Waals surface area contributed by atoms with E-state index < -0.39 is 0 Å². The Morgan fingerprint density at radius 3 is 2.60 bits per heavy atom. The van der Waals surface area contributed by atoms with Gasteiger partial charge in [0, 0.05) is 18.8 Å². The second-order valence-corrected chi connectivity index (χ2v) is 10.4. The molecule has 3 nitrogen and oxygen atoms in total. The van der Waals surface area contributed by atoms with Crippen molar-refractivity contribution in [2.45, 2.75) is 78.7 Å². The zero-order valence-corrected chi connectivity index (χ0v) is 16.3.